The Hall–Kier alpha value is -1.75. The van der Waals surface area contributed by atoms with E-state index in [4.69, 9.17) is 20.4 Å². The van der Waals surface area contributed by atoms with Crippen molar-refractivity contribution < 1.29 is 14.7 Å². The number of hydrogen-bond donors (Lipinski definition) is 2. The molecular weight excluding hydrogens is 244 g/mol. The van der Waals surface area contributed by atoms with Crippen LogP contribution in [0, 0.1) is 0 Å². The van der Waals surface area contributed by atoms with Gasteiger partial charge in [0.1, 0.15) is 11.9 Å². The lowest BCUT2D eigenvalue weighted by Gasteiger charge is -2.28. The highest BCUT2D eigenvalue weighted by Gasteiger charge is 2.23. The molecule has 19 heavy (non-hydrogen) atoms. The van der Waals surface area contributed by atoms with E-state index in [-0.39, 0.29) is 18.0 Å². The van der Waals surface area contributed by atoms with Crippen LogP contribution in [0.15, 0.2) is 29.4 Å². The highest BCUT2D eigenvalue weighted by atomic mass is 16.5. The normalized spacial score (nSPS) is 24.2. The summed E-state index contributed by atoms with van der Waals surface area (Å²) in [7, 11) is 1.74. The summed E-state index contributed by atoms with van der Waals surface area (Å²) in [5.41, 5.74) is 6.22. The lowest BCUT2D eigenvalue weighted by atomic mass is 9.95. The summed E-state index contributed by atoms with van der Waals surface area (Å²) in [4.78, 5) is 0. The molecule has 0 spiro atoms. The Morgan fingerprint density at radius 3 is 2.89 bits per heavy atom. The monoisotopic (exact) mass is 264 g/mol. The maximum Gasteiger partial charge on any atom is 0.170 e. The average Bonchev–Trinajstić information content (AvgIpc) is 2.47. The Bertz CT molecular complexity index is 448. The van der Waals surface area contributed by atoms with Gasteiger partial charge >= 0.3 is 0 Å². The lowest BCUT2D eigenvalue weighted by molar-refractivity contribution is 0.0210. The van der Waals surface area contributed by atoms with E-state index in [9.17, 15) is 0 Å². The number of amidine groups is 1. The number of rotatable bonds is 4. The molecule has 1 aliphatic carbocycles. The molecule has 0 aliphatic heterocycles. The zero-order chi connectivity index (χ0) is 13.7. The zero-order valence-corrected chi connectivity index (χ0v) is 11.1. The Balaban J connectivity index is 2.02. The molecule has 0 heterocycles. The van der Waals surface area contributed by atoms with Crippen molar-refractivity contribution in [2.24, 2.45) is 10.9 Å². The standard InChI is InChI=1S/C14H20N2O3/c1-18-11-5-3-7-13(9-11)19-12-6-2-4-10(8-12)14(15)16-17/h2,4,6,8,11,13,17H,3,5,7,9H2,1H3,(H2,15,16). The van der Waals surface area contributed by atoms with Gasteiger partial charge in [0.2, 0.25) is 0 Å². The van der Waals surface area contributed by atoms with Gasteiger partial charge in [-0.1, -0.05) is 17.3 Å². The van der Waals surface area contributed by atoms with Gasteiger partial charge in [0.25, 0.3) is 0 Å². The van der Waals surface area contributed by atoms with Crippen LogP contribution in [0.1, 0.15) is 31.2 Å². The molecule has 2 unspecified atom stereocenters. The molecule has 2 rings (SSSR count). The molecule has 0 bridgehead atoms. The number of nitrogens with two attached hydrogens (primary N) is 1. The third-order valence-electron chi connectivity index (χ3n) is 3.45. The summed E-state index contributed by atoms with van der Waals surface area (Å²) in [6.45, 7) is 0. The lowest BCUT2D eigenvalue weighted by Crippen LogP contribution is -2.29. The number of ether oxygens (including phenoxy) is 2. The molecule has 104 valence electrons. The van der Waals surface area contributed by atoms with E-state index in [2.05, 4.69) is 5.16 Å². The van der Waals surface area contributed by atoms with Gasteiger partial charge in [0.05, 0.1) is 6.10 Å². The SMILES string of the molecule is COC1CCCC(Oc2cccc(C(N)=NO)c2)C1. The van der Waals surface area contributed by atoms with Gasteiger partial charge in [-0.2, -0.15) is 0 Å². The first-order valence-corrected chi connectivity index (χ1v) is 6.50. The van der Waals surface area contributed by atoms with Gasteiger partial charge in [-0.3, -0.25) is 0 Å². The predicted octanol–water partition coefficient (Wildman–Crippen LogP) is 2.12. The van der Waals surface area contributed by atoms with Gasteiger partial charge in [-0.15, -0.1) is 0 Å². The van der Waals surface area contributed by atoms with Gasteiger partial charge in [0.15, 0.2) is 5.84 Å². The van der Waals surface area contributed by atoms with Crippen LogP contribution in [0.25, 0.3) is 0 Å². The number of benzene rings is 1. The fourth-order valence-corrected chi connectivity index (χ4v) is 2.40. The van der Waals surface area contributed by atoms with Gasteiger partial charge in [0, 0.05) is 19.1 Å². The van der Waals surface area contributed by atoms with E-state index < -0.39 is 0 Å². The summed E-state index contributed by atoms with van der Waals surface area (Å²) in [6.07, 6.45) is 4.61. The Kier molecular flexibility index (Phi) is 4.63. The minimum atomic E-state index is 0.0869. The molecule has 0 aromatic heterocycles. The van der Waals surface area contributed by atoms with Crippen molar-refractivity contribution in [2.45, 2.75) is 37.9 Å². The number of oxime groups is 1. The van der Waals surface area contributed by atoms with Gasteiger partial charge in [-0.25, -0.2) is 0 Å². The zero-order valence-electron chi connectivity index (χ0n) is 11.1. The van der Waals surface area contributed by atoms with Crippen LogP contribution in [0.3, 0.4) is 0 Å². The van der Waals surface area contributed by atoms with Crippen LogP contribution in [0.4, 0.5) is 0 Å². The first-order valence-electron chi connectivity index (χ1n) is 6.50. The second-order valence-corrected chi connectivity index (χ2v) is 4.78. The Morgan fingerprint density at radius 1 is 1.37 bits per heavy atom. The maximum atomic E-state index is 8.67. The fourth-order valence-electron chi connectivity index (χ4n) is 2.40. The van der Waals surface area contributed by atoms with Crippen LogP contribution in [-0.4, -0.2) is 30.4 Å². The van der Waals surface area contributed by atoms with Gasteiger partial charge in [-0.05, 0) is 31.4 Å². The second-order valence-electron chi connectivity index (χ2n) is 4.78. The molecule has 1 aromatic carbocycles. The van der Waals surface area contributed by atoms with Crippen LogP contribution in [-0.2, 0) is 4.74 Å². The summed E-state index contributed by atoms with van der Waals surface area (Å²) < 4.78 is 11.3. The van der Waals surface area contributed by atoms with Crippen molar-refractivity contribution >= 4 is 5.84 Å². The maximum absolute atomic E-state index is 8.67. The highest BCUT2D eigenvalue weighted by Crippen LogP contribution is 2.25. The molecule has 1 fully saturated rings. The quantitative estimate of drug-likeness (QED) is 0.378. The molecule has 1 aromatic rings. The molecule has 2 atom stereocenters. The van der Waals surface area contributed by atoms with Crippen molar-refractivity contribution in [3.63, 3.8) is 0 Å². The summed E-state index contributed by atoms with van der Waals surface area (Å²) in [6, 6.07) is 7.27. The van der Waals surface area contributed by atoms with E-state index in [1.54, 1.807) is 19.2 Å². The molecular formula is C14H20N2O3. The summed E-state index contributed by atoms with van der Waals surface area (Å²) in [5, 5.41) is 11.7. The molecule has 1 aliphatic rings. The smallest absolute Gasteiger partial charge is 0.170 e. The summed E-state index contributed by atoms with van der Waals surface area (Å²) in [5.74, 6) is 0.828. The van der Waals surface area contributed by atoms with Crippen LogP contribution >= 0.6 is 0 Å². The van der Waals surface area contributed by atoms with E-state index in [0.29, 0.717) is 5.56 Å². The second kappa shape index (κ2) is 6.43. The van der Waals surface area contributed by atoms with E-state index >= 15 is 0 Å². The van der Waals surface area contributed by atoms with Crippen molar-refractivity contribution in [1.29, 1.82) is 0 Å². The molecule has 0 radical (unpaired) electrons. The summed E-state index contributed by atoms with van der Waals surface area (Å²) >= 11 is 0. The van der Waals surface area contributed by atoms with Crippen molar-refractivity contribution in [1.82, 2.24) is 0 Å². The van der Waals surface area contributed by atoms with E-state index in [1.165, 1.54) is 0 Å². The highest BCUT2D eigenvalue weighted by molar-refractivity contribution is 5.97. The Labute approximate surface area is 113 Å². The van der Waals surface area contributed by atoms with Crippen molar-refractivity contribution in [3.05, 3.63) is 29.8 Å². The average molecular weight is 264 g/mol. The Morgan fingerprint density at radius 2 is 2.16 bits per heavy atom. The third-order valence-corrected chi connectivity index (χ3v) is 3.45. The number of methoxy groups -OCH3 is 1. The largest absolute Gasteiger partial charge is 0.490 e. The molecule has 1 saturated carbocycles. The molecule has 3 N–H and O–H groups in total. The molecule has 5 nitrogen and oxygen atoms in total. The first-order chi connectivity index (χ1) is 9.22. The van der Waals surface area contributed by atoms with Crippen LogP contribution in [0.5, 0.6) is 5.75 Å². The topological polar surface area (TPSA) is 77.1 Å². The minimum absolute atomic E-state index is 0.0869. The first kappa shape index (κ1) is 13.7. The van der Waals surface area contributed by atoms with E-state index in [0.717, 1.165) is 31.4 Å². The van der Waals surface area contributed by atoms with Gasteiger partial charge < -0.3 is 20.4 Å². The molecule has 0 amide bonds. The predicted molar refractivity (Wildman–Crippen MR) is 72.6 cm³/mol. The van der Waals surface area contributed by atoms with Crippen LogP contribution < -0.4 is 10.5 Å². The molecule has 0 saturated heterocycles. The third kappa shape index (κ3) is 3.61. The minimum Gasteiger partial charge on any atom is -0.490 e. The van der Waals surface area contributed by atoms with E-state index in [1.807, 2.05) is 12.1 Å². The van der Waals surface area contributed by atoms with Crippen molar-refractivity contribution in [3.8, 4) is 5.75 Å². The molecule has 5 heteroatoms. The van der Waals surface area contributed by atoms with Crippen molar-refractivity contribution in [2.75, 3.05) is 7.11 Å². The van der Waals surface area contributed by atoms with Crippen LogP contribution in [0.2, 0.25) is 0 Å². The number of hydrogen-bond acceptors (Lipinski definition) is 4. The number of nitrogens with zero attached hydrogens (tertiary/aromatic N) is 1. The fraction of sp³-hybridized carbons (Fsp3) is 0.500.